The lowest BCUT2D eigenvalue weighted by molar-refractivity contribution is 0.167. The molecule has 1 nitrogen and oxygen atoms in total. The van der Waals surface area contributed by atoms with Gasteiger partial charge in [-0.3, -0.25) is 0 Å². The fourth-order valence-corrected chi connectivity index (χ4v) is 2.10. The van der Waals surface area contributed by atoms with E-state index in [9.17, 15) is 5.11 Å². The van der Waals surface area contributed by atoms with E-state index < -0.39 is 0 Å². The quantitative estimate of drug-likeness (QED) is 0.808. The number of hydrogen-bond donors (Lipinski definition) is 1. The molecule has 1 N–H and O–H groups in total. The molecule has 0 bridgehead atoms. The van der Waals surface area contributed by atoms with Gasteiger partial charge in [-0.2, -0.15) is 0 Å². The minimum Gasteiger partial charge on any atom is -0.393 e. The van der Waals surface area contributed by atoms with Crippen LogP contribution < -0.4 is 0 Å². The minimum atomic E-state index is -0.299. The Morgan fingerprint density at radius 1 is 1.11 bits per heavy atom. The van der Waals surface area contributed by atoms with Crippen LogP contribution in [-0.4, -0.2) is 11.2 Å². The molecule has 92 valence electrons. The Hall–Kier alpha value is -1.78. The van der Waals surface area contributed by atoms with Gasteiger partial charge < -0.3 is 5.11 Å². The van der Waals surface area contributed by atoms with Crippen LogP contribution >= 0.6 is 0 Å². The van der Waals surface area contributed by atoms with Crippen LogP contribution in [0.2, 0.25) is 0 Å². The molecule has 0 aromatic heterocycles. The molecule has 1 unspecified atom stereocenters. The van der Waals surface area contributed by atoms with Crippen LogP contribution in [0, 0.1) is 11.8 Å². The number of rotatable bonds is 4. The summed E-state index contributed by atoms with van der Waals surface area (Å²) in [5.74, 6) is 5.83. The van der Waals surface area contributed by atoms with Crippen molar-refractivity contribution in [1.29, 1.82) is 0 Å². The van der Waals surface area contributed by atoms with Crippen LogP contribution in [0.4, 0.5) is 0 Å². The summed E-state index contributed by atoms with van der Waals surface area (Å²) in [5, 5.41) is 12.4. The van der Waals surface area contributed by atoms with Crippen LogP contribution in [0.1, 0.15) is 25.3 Å². The van der Waals surface area contributed by atoms with Crippen molar-refractivity contribution >= 4 is 10.8 Å². The van der Waals surface area contributed by atoms with Gasteiger partial charge in [0.05, 0.1) is 6.10 Å². The van der Waals surface area contributed by atoms with Gasteiger partial charge in [0, 0.05) is 6.42 Å². The lowest BCUT2D eigenvalue weighted by Crippen LogP contribution is -2.09. The van der Waals surface area contributed by atoms with Crippen LogP contribution in [0.25, 0.3) is 10.8 Å². The maximum atomic E-state index is 9.93. The first-order valence-electron chi connectivity index (χ1n) is 6.35. The maximum absolute atomic E-state index is 9.93. The van der Waals surface area contributed by atoms with E-state index in [-0.39, 0.29) is 6.10 Å². The van der Waals surface area contributed by atoms with Gasteiger partial charge in [0.15, 0.2) is 0 Å². The average molecular weight is 238 g/mol. The van der Waals surface area contributed by atoms with E-state index in [0.29, 0.717) is 6.42 Å². The topological polar surface area (TPSA) is 20.2 Å². The smallest absolute Gasteiger partial charge is 0.0589 e. The Bertz CT molecular complexity index is 575. The van der Waals surface area contributed by atoms with Crippen LogP contribution in [-0.2, 0) is 6.42 Å². The molecule has 0 heterocycles. The normalized spacial score (nSPS) is 11.9. The van der Waals surface area contributed by atoms with Gasteiger partial charge in [-0.25, -0.2) is 0 Å². The van der Waals surface area contributed by atoms with Crippen molar-refractivity contribution in [3.05, 3.63) is 48.0 Å². The molecule has 2 rings (SSSR count). The second-order valence-corrected chi connectivity index (χ2v) is 4.50. The Morgan fingerprint density at radius 2 is 1.89 bits per heavy atom. The molecule has 0 aliphatic carbocycles. The van der Waals surface area contributed by atoms with E-state index in [1.54, 1.807) is 0 Å². The Labute approximate surface area is 108 Å². The van der Waals surface area contributed by atoms with Gasteiger partial charge in [0.25, 0.3) is 0 Å². The first kappa shape index (κ1) is 12.7. The highest BCUT2D eigenvalue weighted by Gasteiger charge is 2.05. The van der Waals surface area contributed by atoms with E-state index in [2.05, 4.69) is 42.2 Å². The molecule has 0 saturated heterocycles. The summed E-state index contributed by atoms with van der Waals surface area (Å²) in [5.41, 5.74) is 1.19. The van der Waals surface area contributed by atoms with Crippen molar-refractivity contribution in [2.45, 2.75) is 32.3 Å². The second-order valence-electron chi connectivity index (χ2n) is 4.50. The monoisotopic (exact) mass is 238 g/mol. The first-order chi connectivity index (χ1) is 8.79. The summed E-state index contributed by atoms with van der Waals surface area (Å²) >= 11 is 0. The van der Waals surface area contributed by atoms with Crippen molar-refractivity contribution in [1.82, 2.24) is 0 Å². The van der Waals surface area contributed by atoms with Crippen molar-refractivity contribution in [3.8, 4) is 11.8 Å². The third-order valence-corrected chi connectivity index (χ3v) is 3.06. The van der Waals surface area contributed by atoms with Crippen molar-refractivity contribution in [3.63, 3.8) is 0 Å². The Balaban J connectivity index is 2.04. The molecule has 18 heavy (non-hydrogen) atoms. The zero-order chi connectivity index (χ0) is 12.8. The zero-order valence-electron chi connectivity index (χ0n) is 10.7. The number of fused-ring (bicyclic) bond motifs is 1. The molecule has 2 aromatic rings. The van der Waals surface area contributed by atoms with E-state index in [1.807, 2.05) is 19.1 Å². The summed E-state index contributed by atoms with van der Waals surface area (Å²) in [6.45, 7) is 1.83. The van der Waals surface area contributed by atoms with Crippen molar-refractivity contribution < 1.29 is 5.11 Å². The van der Waals surface area contributed by atoms with Gasteiger partial charge >= 0.3 is 0 Å². The highest BCUT2D eigenvalue weighted by Crippen LogP contribution is 2.17. The van der Waals surface area contributed by atoms with E-state index in [4.69, 9.17) is 0 Å². The fraction of sp³-hybridized carbons (Fsp3) is 0.294. The zero-order valence-corrected chi connectivity index (χ0v) is 10.7. The second kappa shape index (κ2) is 6.23. The summed E-state index contributed by atoms with van der Waals surface area (Å²) < 4.78 is 0. The Morgan fingerprint density at radius 3 is 2.67 bits per heavy atom. The molecule has 1 heteroatoms. The highest BCUT2D eigenvalue weighted by molar-refractivity contribution is 5.82. The fourth-order valence-electron chi connectivity index (χ4n) is 2.10. The van der Waals surface area contributed by atoms with Gasteiger partial charge in [-0.1, -0.05) is 42.5 Å². The lowest BCUT2D eigenvalue weighted by Gasteiger charge is -2.09. The SMILES string of the molecule is CC#CCCC(O)Cc1ccc2ccccc2c1. The summed E-state index contributed by atoms with van der Waals surface area (Å²) in [6, 6.07) is 14.7. The van der Waals surface area contributed by atoms with Crippen LogP contribution in [0.15, 0.2) is 42.5 Å². The molecule has 0 aliphatic rings. The van der Waals surface area contributed by atoms with E-state index in [1.165, 1.54) is 16.3 Å². The molecule has 0 saturated carbocycles. The van der Waals surface area contributed by atoms with Gasteiger partial charge in [0.1, 0.15) is 0 Å². The number of hydrogen-bond acceptors (Lipinski definition) is 1. The summed E-state index contributed by atoms with van der Waals surface area (Å²) in [7, 11) is 0. The molecule has 0 aliphatic heterocycles. The summed E-state index contributed by atoms with van der Waals surface area (Å²) in [4.78, 5) is 0. The maximum Gasteiger partial charge on any atom is 0.0589 e. The molecule has 0 fully saturated rings. The van der Waals surface area contributed by atoms with Crippen molar-refractivity contribution in [2.24, 2.45) is 0 Å². The van der Waals surface area contributed by atoms with Gasteiger partial charge in [-0.15, -0.1) is 11.8 Å². The number of aliphatic hydroxyl groups excluding tert-OH is 1. The Kier molecular flexibility index (Phi) is 4.39. The van der Waals surface area contributed by atoms with Gasteiger partial charge in [-0.05, 0) is 36.1 Å². The van der Waals surface area contributed by atoms with Crippen LogP contribution in [0.3, 0.4) is 0 Å². The van der Waals surface area contributed by atoms with Crippen LogP contribution in [0.5, 0.6) is 0 Å². The number of aliphatic hydroxyl groups is 1. The molecule has 0 amide bonds. The molecule has 2 aromatic carbocycles. The first-order valence-corrected chi connectivity index (χ1v) is 6.35. The molecular weight excluding hydrogens is 220 g/mol. The third kappa shape index (κ3) is 3.35. The van der Waals surface area contributed by atoms with Crippen molar-refractivity contribution in [2.75, 3.05) is 0 Å². The predicted molar refractivity (Wildman–Crippen MR) is 76.3 cm³/mol. The predicted octanol–water partition coefficient (Wildman–Crippen LogP) is 3.55. The van der Waals surface area contributed by atoms with E-state index >= 15 is 0 Å². The molecule has 0 spiro atoms. The van der Waals surface area contributed by atoms with Gasteiger partial charge in [0.2, 0.25) is 0 Å². The molecule has 1 atom stereocenters. The standard InChI is InChI=1S/C17H18O/c1-2-3-4-9-17(18)13-14-10-11-15-7-5-6-8-16(15)12-14/h5-8,10-12,17-18H,4,9,13H2,1H3. The third-order valence-electron chi connectivity index (χ3n) is 3.06. The highest BCUT2D eigenvalue weighted by atomic mass is 16.3. The van der Waals surface area contributed by atoms with E-state index in [0.717, 1.165) is 12.8 Å². The molecular formula is C17H18O. The minimum absolute atomic E-state index is 0.299. The largest absolute Gasteiger partial charge is 0.393 e. The summed E-state index contributed by atoms with van der Waals surface area (Å²) in [6.07, 6.45) is 1.92. The number of benzene rings is 2. The average Bonchev–Trinajstić information content (AvgIpc) is 2.39. The lowest BCUT2D eigenvalue weighted by atomic mass is 10.0. The molecule has 0 radical (unpaired) electrons.